The van der Waals surface area contributed by atoms with Gasteiger partial charge in [-0.1, -0.05) is 48.5 Å². The minimum atomic E-state index is 0. The molecule has 0 aliphatic heterocycles. The maximum absolute atomic E-state index is 5.68. The fourth-order valence-electron chi connectivity index (χ4n) is 2.86. The van der Waals surface area contributed by atoms with Crippen LogP contribution in [0.15, 0.2) is 78.0 Å². The van der Waals surface area contributed by atoms with E-state index in [9.17, 15) is 0 Å². The van der Waals surface area contributed by atoms with Crippen molar-refractivity contribution in [2.75, 3.05) is 26.7 Å². The number of guanidine groups is 1. The molecule has 1 heterocycles. The first kappa shape index (κ1) is 22.7. The monoisotopic (exact) mass is 505 g/mol. The van der Waals surface area contributed by atoms with E-state index in [2.05, 4.69) is 49.4 Å². The third kappa shape index (κ3) is 7.77. The highest BCUT2D eigenvalue weighted by atomic mass is 127. The Labute approximate surface area is 189 Å². The summed E-state index contributed by atoms with van der Waals surface area (Å²) in [6.07, 6.45) is 4.70. The van der Waals surface area contributed by atoms with Gasteiger partial charge in [0.25, 0.3) is 0 Å². The second-order valence-electron chi connectivity index (χ2n) is 6.29. The minimum Gasteiger partial charge on any atom is -0.492 e. The molecule has 6 nitrogen and oxygen atoms in total. The number of para-hydroxylation sites is 1. The smallest absolute Gasteiger partial charge is 0.191 e. The number of aromatic nitrogens is 2. The predicted molar refractivity (Wildman–Crippen MR) is 128 cm³/mol. The number of hydrogen-bond donors (Lipinski definition) is 2. The Hall–Kier alpha value is -2.55. The van der Waals surface area contributed by atoms with E-state index >= 15 is 0 Å². The average molecular weight is 505 g/mol. The standard InChI is InChI=1S/C22H27N5O.HI/c1-23-22(26-15-17-28-20-10-6-3-7-11-20)25-13-12-21-24-14-16-27(21)18-19-8-4-2-5-9-19;/h2-11,14,16H,12-13,15,17-18H2,1H3,(H2,23,25,26);1H. The zero-order valence-electron chi connectivity index (χ0n) is 16.6. The molecule has 0 saturated heterocycles. The number of ether oxygens (including phenoxy) is 1. The van der Waals surface area contributed by atoms with Gasteiger partial charge in [0.05, 0.1) is 6.54 Å². The molecule has 0 radical (unpaired) electrons. The van der Waals surface area contributed by atoms with Gasteiger partial charge in [-0.15, -0.1) is 24.0 Å². The Morgan fingerprint density at radius 1 is 1.00 bits per heavy atom. The van der Waals surface area contributed by atoms with Crippen LogP contribution in [0.1, 0.15) is 11.4 Å². The summed E-state index contributed by atoms with van der Waals surface area (Å²) in [6.45, 7) is 2.84. The lowest BCUT2D eigenvalue weighted by Gasteiger charge is -2.13. The molecule has 7 heteroatoms. The molecule has 0 fully saturated rings. The second kappa shape index (κ2) is 12.8. The molecule has 2 aromatic carbocycles. The van der Waals surface area contributed by atoms with Crippen molar-refractivity contribution in [1.29, 1.82) is 0 Å². The Morgan fingerprint density at radius 2 is 1.69 bits per heavy atom. The fourth-order valence-corrected chi connectivity index (χ4v) is 2.86. The van der Waals surface area contributed by atoms with Crippen LogP contribution in [0.4, 0.5) is 0 Å². The molecule has 2 N–H and O–H groups in total. The summed E-state index contributed by atoms with van der Waals surface area (Å²) < 4.78 is 7.86. The fraction of sp³-hybridized carbons (Fsp3) is 0.273. The van der Waals surface area contributed by atoms with Crippen LogP contribution in [0, 0.1) is 0 Å². The molecule has 154 valence electrons. The SMILES string of the molecule is CN=C(NCCOc1ccccc1)NCCc1nccn1Cc1ccccc1.I. The van der Waals surface area contributed by atoms with Gasteiger partial charge in [-0.2, -0.15) is 0 Å². The Bertz CT molecular complexity index is 852. The largest absolute Gasteiger partial charge is 0.492 e. The quantitative estimate of drug-likeness (QED) is 0.203. The number of nitrogens with one attached hydrogen (secondary N) is 2. The van der Waals surface area contributed by atoms with Crippen LogP contribution in [-0.4, -0.2) is 42.3 Å². The highest BCUT2D eigenvalue weighted by molar-refractivity contribution is 14.0. The summed E-state index contributed by atoms with van der Waals surface area (Å²) in [5.74, 6) is 2.69. The van der Waals surface area contributed by atoms with Gasteiger partial charge >= 0.3 is 0 Å². The van der Waals surface area contributed by atoms with Crippen LogP contribution >= 0.6 is 24.0 Å². The van der Waals surface area contributed by atoms with Crippen molar-refractivity contribution in [3.05, 3.63) is 84.4 Å². The van der Waals surface area contributed by atoms with E-state index in [0.29, 0.717) is 13.2 Å². The number of benzene rings is 2. The minimum absolute atomic E-state index is 0. The summed E-state index contributed by atoms with van der Waals surface area (Å²) >= 11 is 0. The summed E-state index contributed by atoms with van der Waals surface area (Å²) in [6, 6.07) is 20.2. The highest BCUT2D eigenvalue weighted by Crippen LogP contribution is 2.07. The van der Waals surface area contributed by atoms with Crippen molar-refractivity contribution in [1.82, 2.24) is 20.2 Å². The van der Waals surface area contributed by atoms with Crippen LogP contribution in [0.25, 0.3) is 0 Å². The Kier molecular flexibility index (Phi) is 10.1. The van der Waals surface area contributed by atoms with Crippen molar-refractivity contribution in [2.45, 2.75) is 13.0 Å². The first-order chi connectivity index (χ1) is 13.8. The van der Waals surface area contributed by atoms with E-state index in [1.165, 1.54) is 5.56 Å². The van der Waals surface area contributed by atoms with Crippen LogP contribution in [0.3, 0.4) is 0 Å². The summed E-state index contributed by atoms with van der Waals surface area (Å²) in [4.78, 5) is 8.74. The Morgan fingerprint density at radius 3 is 2.41 bits per heavy atom. The number of aliphatic imine (C=N–C) groups is 1. The van der Waals surface area contributed by atoms with E-state index in [4.69, 9.17) is 4.74 Å². The van der Waals surface area contributed by atoms with Crippen molar-refractivity contribution in [2.24, 2.45) is 4.99 Å². The molecule has 0 aliphatic carbocycles. The molecule has 0 atom stereocenters. The van der Waals surface area contributed by atoms with E-state index in [1.807, 2.05) is 48.8 Å². The summed E-state index contributed by atoms with van der Waals surface area (Å²) in [5.41, 5.74) is 1.27. The lowest BCUT2D eigenvalue weighted by atomic mass is 10.2. The van der Waals surface area contributed by atoms with Gasteiger partial charge in [0.1, 0.15) is 18.2 Å². The molecule has 0 bridgehead atoms. The maximum atomic E-state index is 5.68. The van der Waals surface area contributed by atoms with Crippen molar-refractivity contribution in [3.8, 4) is 5.75 Å². The topological polar surface area (TPSA) is 63.5 Å². The van der Waals surface area contributed by atoms with Gasteiger partial charge in [-0.05, 0) is 17.7 Å². The number of hydrogen-bond acceptors (Lipinski definition) is 3. The van der Waals surface area contributed by atoms with Crippen LogP contribution in [0.2, 0.25) is 0 Å². The first-order valence-corrected chi connectivity index (χ1v) is 9.51. The molecule has 0 unspecified atom stereocenters. The maximum Gasteiger partial charge on any atom is 0.191 e. The van der Waals surface area contributed by atoms with Gasteiger partial charge in [0, 0.05) is 39.0 Å². The van der Waals surface area contributed by atoms with Crippen molar-refractivity contribution < 1.29 is 4.74 Å². The van der Waals surface area contributed by atoms with E-state index in [1.54, 1.807) is 7.05 Å². The second-order valence-corrected chi connectivity index (χ2v) is 6.29. The van der Waals surface area contributed by atoms with Crippen LogP contribution in [-0.2, 0) is 13.0 Å². The van der Waals surface area contributed by atoms with Gasteiger partial charge in [0.15, 0.2) is 5.96 Å². The summed E-state index contributed by atoms with van der Waals surface area (Å²) in [7, 11) is 1.77. The Balaban J connectivity index is 0.00000300. The van der Waals surface area contributed by atoms with Gasteiger partial charge in [-0.3, -0.25) is 4.99 Å². The molecular formula is C22H28IN5O. The molecule has 3 rings (SSSR count). The third-order valence-electron chi connectivity index (χ3n) is 4.27. The van der Waals surface area contributed by atoms with Gasteiger partial charge in [0.2, 0.25) is 0 Å². The molecule has 3 aromatic rings. The van der Waals surface area contributed by atoms with Crippen molar-refractivity contribution >= 4 is 29.9 Å². The molecule has 1 aromatic heterocycles. The van der Waals surface area contributed by atoms with E-state index < -0.39 is 0 Å². The predicted octanol–water partition coefficient (Wildman–Crippen LogP) is 3.34. The van der Waals surface area contributed by atoms with E-state index in [-0.39, 0.29) is 24.0 Å². The molecule has 0 amide bonds. The zero-order chi connectivity index (χ0) is 19.4. The summed E-state index contributed by atoms with van der Waals surface area (Å²) in [5, 5.41) is 6.59. The average Bonchev–Trinajstić information content (AvgIpc) is 3.18. The van der Waals surface area contributed by atoms with Crippen LogP contribution < -0.4 is 15.4 Å². The first-order valence-electron chi connectivity index (χ1n) is 9.51. The number of halogens is 1. The van der Waals surface area contributed by atoms with Gasteiger partial charge < -0.3 is 19.9 Å². The normalized spacial score (nSPS) is 10.9. The van der Waals surface area contributed by atoms with Crippen molar-refractivity contribution in [3.63, 3.8) is 0 Å². The number of imidazole rings is 1. The molecule has 0 aliphatic rings. The number of nitrogens with zero attached hydrogens (tertiary/aromatic N) is 3. The number of rotatable bonds is 9. The molecule has 29 heavy (non-hydrogen) atoms. The molecule has 0 spiro atoms. The van der Waals surface area contributed by atoms with E-state index in [0.717, 1.165) is 37.0 Å². The highest BCUT2D eigenvalue weighted by Gasteiger charge is 2.04. The zero-order valence-corrected chi connectivity index (χ0v) is 19.0. The lowest BCUT2D eigenvalue weighted by molar-refractivity contribution is 0.322. The third-order valence-corrected chi connectivity index (χ3v) is 4.27. The molecular weight excluding hydrogens is 477 g/mol. The lowest BCUT2D eigenvalue weighted by Crippen LogP contribution is -2.40. The van der Waals surface area contributed by atoms with Gasteiger partial charge in [-0.25, -0.2) is 4.98 Å². The van der Waals surface area contributed by atoms with Crippen LogP contribution in [0.5, 0.6) is 5.75 Å². The molecule has 0 saturated carbocycles.